The van der Waals surface area contributed by atoms with E-state index in [-0.39, 0.29) is 10.6 Å². The molecule has 1 atom stereocenters. The van der Waals surface area contributed by atoms with E-state index in [0.717, 1.165) is 19.6 Å². The predicted octanol–water partition coefficient (Wildman–Crippen LogP) is 1.94. The largest absolute Gasteiger partial charge is 0.368 e. The molecular weight excluding hydrogens is 281 g/mol. The van der Waals surface area contributed by atoms with Crippen molar-refractivity contribution < 1.29 is 9.18 Å². The average Bonchev–Trinajstić information content (AvgIpc) is 2.42. The van der Waals surface area contributed by atoms with E-state index < -0.39 is 17.8 Å². The van der Waals surface area contributed by atoms with Gasteiger partial charge >= 0.3 is 0 Å². The molecule has 0 radical (unpaired) electrons. The molecule has 6 heteroatoms. The van der Waals surface area contributed by atoms with Crippen LogP contribution < -0.4 is 11.1 Å². The minimum Gasteiger partial charge on any atom is -0.368 e. The van der Waals surface area contributed by atoms with Gasteiger partial charge in [-0.2, -0.15) is 0 Å². The molecule has 20 heavy (non-hydrogen) atoms. The fraction of sp³-hybridized carbons (Fsp3) is 0.500. The van der Waals surface area contributed by atoms with Crippen LogP contribution in [0.1, 0.15) is 25.5 Å². The van der Waals surface area contributed by atoms with E-state index in [2.05, 4.69) is 24.1 Å². The van der Waals surface area contributed by atoms with E-state index in [1.165, 1.54) is 12.1 Å². The van der Waals surface area contributed by atoms with Crippen LogP contribution in [0, 0.1) is 5.82 Å². The molecule has 0 fully saturated rings. The quantitative estimate of drug-likeness (QED) is 0.771. The highest BCUT2D eigenvalue weighted by molar-refractivity contribution is 6.30. The predicted molar refractivity (Wildman–Crippen MR) is 79.1 cm³/mol. The number of carbonyl (C=O) groups is 1. The number of nitrogens with zero attached hydrogens (tertiary/aromatic N) is 1. The van der Waals surface area contributed by atoms with Crippen LogP contribution >= 0.6 is 11.6 Å². The number of nitrogens with two attached hydrogens (primary N) is 1. The number of halogens is 2. The topological polar surface area (TPSA) is 58.4 Å². The van der Waals surface area contributed by atoms with Gasteiger partial charge in [0.05, 0.1) is 5.02 Å². The maximum atomic E-state index is 13.9. The molecule has 112 valence electrons. The number of carbonyl (C=O) groups excluding carboxylic acids is 1. The summed E-state index contributed by atoms with van der Waals surface area (Å²) in [5.41, 5.74) is 5.53. The van der Waals surface area contributed by atoms with E-state index in [1.54, 1.807) is 6.07 Å². The Hall–Kier alpha value is -1.17. The summed E-state index contributed by atoms with van der Waals surface area (Å²) in [6, 6.07) is 3.68. The zero-order valence-corrected chi connectivity index (χ0v) is 12.6. The zero-order chi connectivity index (χ0) is 15.1. The Labute approximate surface area is 124 Å². The second-order valence-electron chi connectivity index (χ2n) is 4.46. The smallest absolute Gasteiger partial charge is 0.239 e. The summed E-state index contributed by atoms with van der Waals surface area (Å²) in [5, 5.41) is 2.97. The van der Waals surface area contributed by atoms with Crippen LogP contribution in [0.5, 0.6) is 0 Å². The van der Waals surface area contributed by atoms with Gasteiger partial charge in [-0.25, -0.2) is 4.39 Å². The Bertz CT molecular complexity index is 452. The van der Waals surface area contributed by atoms with Crippen LogP contribution in [0.2, 0.25) is 5.02 Å². The molecule has 1 aromatic carbocycles. The highest BCUT2D eigenvalue weighted by atomic mass is 35.5. The summed E-state index contributed by atoms with van der Waals surface area (Å²) in [6.45, 7) is 7.27. The summed E-state index contributed by atoms with van der Waals surface area (Å²) < 4.78 is 13.9. The molecule has 0 aliphatic carbocycles. The van der Waals surface area contributed by atoms with Gasteiger partial charge in [-0.1, -0.05) is 37.6 Å². The molecule has 0 aliphatic rings. The summed E-state index contributed by atoms with van der Waals surface area (Å²) in [6.07, 6.45) is 0. The molecule has 0 saturated heterocycles. The van der Waals surface area contributed by atoms with Crippen LogP contribution in [0.25, 0.3) is 0 Å². The lowest BCUT2D eigenvalue weighted by molar-refractivity contribution is -0.120. The van der Waals surface area contributed by atoms with Crippen molar-refractivity contribution in [3.63, 3.8) is 0 Å². The first-order chi connectivity index (χ1) is 9.51. The summed E-state index contributed by atoms with van der Waals surface area (Å²) >= 11 is 5.73. The standard InChI is InChI=1S/C14H21ClFN3O/c1-3-19(4-2)9-8-18-13(14(17)20)10-6-5-7-11(15)12(10)16/h5-7,13,18H,3-4,8-9H2,1-2H3,(H2,17,20). The van der Waals surface area contributed by atoms with Gasteiger partial charge in [0.1, 0.15) is 11.9 Å². The van der Waals surface area contributed by atoms with Crippen LogP contribution in [0.15, 0.2) is 18.2 Å². The van der Waals surface area contributed by atoms with Gasteiger partial charge < -0.3 is 16.0 Å². The zero-order valence-electron chi connectivity index (χ0n) is 11.8. The Morgan fingerprint density at radius 2 is 2.10 bits per heavy atom. The molecule has 0 aromatic heterocycles. The molecule has 0 aliphatic heterocycles. The van der Waals surface area contributed by atoms with Gasteiger partial charge in [-0.15, -0.1) is 0 Å². The van der Waals surface area contributed by atoms with E-state index in [4.69, 9.17) is 17.3 Å². The number of amides is 1. The third kappa shape index (κ3) is 4.44. The summed E-state index contributed by atoms with van der Waals surface area (Å²) in [7, 11) is 0. The summed E-state index contributed by atoms with van der Waals surface area (Å²) in [5.74, 6) is -1.22. The van der Waals surface area contributed by atoms with E-state index in [1.807, 2.05) is 0 Å². The summed E-state index contributed by atoms with van der Waals surface area (Å²) in [4.78, 5) is 13.7. The maximum absolute atomic E-state index is 13.9. The normalized spacial score (nSPS) is 12.7. The Kier molecular flexibility index (Phi) is 6.91. The van der Waals surface area contributed by atoms with Crippen molar-refractivity contribution in [1.29, 1.82) is 0 Å². The first-order valence-electron chi connectivity index (χ1n) is 6.70. The number of hydrogen-bond donors (Lipinski definition) is 2. The Morgan fingerprint density at radius 1 is 1.45 bits per heavy atom. The molecule has 0 spiro atoms. The maximum Gasteiger partial charge on any atom is 0.239 e. The molecule has 1 unspecified atom stereocenters. The van der Waals surface area contributed by atoms with Gasteiger partial charge in [0.2, 0.25) is 5.91 Å². The molecule has 1 amide bonds. The number of likely N-dealkylation sites (N-methyl/N-ethyl adjacent to an activating group) is 1. The van der Waals surface area contributed by atoms with Crippen LogP contribution in [-0.2, 0) is 4.79 Å². The van der Waals surface area contributed by atoms with Crippen molar-refractivity contribution >= 4 is 17.5 Å². The van der Waals surface area contributed by atoms with E-state index in [9.17, 15) is 9.18 Å². The molecule has 1 rings (SSSR count). The van der Waals surface area contributed by atoms with Gasteiger partial charge in [-0.3, -0.25) is 4.79 Å². The average molecular weight is 302 g/mol. The van der Waals surface area contributed by atoms with Crippen molar-refractivity contribution in [2.75, 3.05) is 26.2 Å². The van der Waals surface area contributed by atoms with Crippen LogP contribution in [-0.4, -0.2) is 37.0 Å². The van der Waals surface area contributed by atoms with Crippen molar-refractivity contribution in [3.05, 3.63) is 34.6 Å². The first kappa shape index (κ1) is 16.9. The minimum atomic E-state index is -0.871. The lowest BCUT2D eigenvalue weighted by Gasteiger charge is -2.21. The molecule has 4 nitrogen and oxygen atoms in total. The molecular formula is C14H21ClFN3O. The monoisotopic (exact) mass is 301 g/mol. The van der Waals surface area contributed by atoms with Crippen molar-refractivity contribution in [1.82, 2.24) is 10.2 Å². The second kappa shape index (κ2) is 8.19. The van der Waals surface area contributed by atoms with Gasteiger partial charge in [0.25, 0.3) is 0 Å². The van der Waals surface area contributed by atoms with E-state index in [0.29, 0.717) is 6.54 Å². The van der Waals surface area contributed by atoms with E-state index >= 15 is 0 Å². The van der Waals surface area contributed by atoms with Gasteiger partial charge in [-0.05, 0) is 19.2 Å². The number of rotatable bonds is 8. The fourth-order valence-electron chi connectivity index (χ4n) is 2.01. The number of primary amides is 1. The van der Waals surface area contributed by atoms with Crippen LogP contribution in [0.4, 0.5) is 4.39 Å². The number of nitrogens with one attached hydrogen (secondary N) is 1. The van der Waals surface area contributed by atoms with Crippen LogP contribution in [0.3, 0.4) is 0 Å². The molecule has 0 saturated carbocycles. The number of hydrogen-bond acceptors (Lipinski definition) is 3. The molecule has 0 heterocycles. The highest BCUT2D eigenvalue weighted by Crippen LogP contribution is 2.23. The Balaban J connectivity index is 2.75. The Morgan fingerprint density at radius 3 is 2.65 bits per heavy atom. The van der Waals surface area contributed by atoms with Crippen molar-refractivity contribution in [3.8, 4) is 0 Å². The molecule has 0 bridgehead atoms. The second-order valence-corrected chi connectivity index (χ2v) is 4.87. The lowest BCUT2D eigenvalue weighted by Crippen LogP contribution is -2.39. The van der Waals surface area contributed by atoms with Gasteiger partial charge in [0.15, 0.2) is 0 Å². The van der Waals surface area contributed by atoms with Gasteiger partial charge in [0, 0.05) is 18.7 Å². The fourth-order valence-corrected chi connectivity index (χ4v) is 2.20. The molecule has 1 aromatic rings. The first-order valence-corrected chi connectivity index (χ1v) is 7.08. The third-order valence-corrected chi connectivity index (χ3v) is 3.54. The molecule has 3 N–H and O–H groups in total. The van der Waals surface area contributed by atoms with Crippen molar-refractivity contribution in [2.45, 2.75) is 19.9 Å². The number of benzene rings is 1. The lowest BCUT2D eigenvalue weighted by atomic mass is 10.1. The third-order valence-electron chi connectivity index (χ3n) is 3.25. The highest BCUT2D eigenvalue weighted by Gasteiger charge is 2.22. The SMILES string of the molecule is CCN(CC)CCNC(C(N)=O)c1cccc(Cl)c1F. The minimum absolute atomic E-state index is 0.0145. The van der Waals surface area contributed by atoms with Crippen molar-refractivity contribution in [2.24, 2.45) is 5.73 Å².